The van der Waals surface area contributed by atoms with Crippen molar-refractivity contribution in [3.05, 3.63) is 29.6 Å². The molecule has 0 amide bonds. The maximum atomic E-state index is 12.9. The first kappa shape index (κ1) is 16.4. The first-order chi connectivity index (χ1) is 6.15. The zero-order valence-electron chi connectivity index (χ0n) is 8.12. The molecule has 0 unspecified atom stereocenters. The van der Waals surface area contributed by atoms with Crippen LogP contribution >= 0.6 is 24.8 Å². The fourth-order valence-corrected chi connectivity index (χ4v) is 0.896. The summed E-state index contributed by atoms with van der Waals surface area (Å²) in [5.74, 6) is -0.566. The molecule has 0 saturated heterocycles. The van der Waals surface area contributed by atoms with Crippen LogP contribution in [-0.4, -0.2) is 12.5 Å². The van der Waals surface area contributed by atoms with E-state index in [1.54, 1.807) is 13.0 Å². The second-order valence-electron chi connectivity index (χ2n) is 2.50. The lowest BCUT2D eigenvalue weighted by atomic mass is 10.2. The number of halogens is 3. The number of nitrogen functional groups attached to an aromatic ring is 1. The van der Waals surface area contributed by atoms with E-state index < -0.39 is 5.82 Å². The van der Waals surface area contributed by atoms with E-state index in [1.165, 1.54) is 12.1 Å². The van der Waals surface area contributed by atoms with Crippen LogP contribution in [0.4, 0.5) is 10.1 Å². The summed E-state index contributed by atoms with van der Waals surface area (Å²) in [7, 11) is 0. The van der Waals surface area contributed by atoms with Crippen molar-refractivity contribution in [1.82, 2.24) is 0 Å². The lowest BCUT2D eigenvalue weighted by Gasteiger charge is -2.05. The normalized spacial score (nSPS) is 8.40. The van der Waals surface area contributed by atoms with Gasteiger partial charge in [-0.3, -0.25) is 5.41 Å². The topological polar surface area (TPSA) is 59.1 Å². The maximum absolute atomic E-state index is 12.9. The zero-order chi connectivity index (χ0) is 9.84. The van der Waals surface area contributed by atoms with E-state index in [0.29, 0.717) is 12.2 Å². The molecule has 6 heteroatoms. The van der Waals surface area contributed by atoms with Crippen molar-refractivity contribution in [2.45, 2.75) is 6.92 Å². The van der Waals surface area contributed by atoms with Gasteiger partial charge in [0.2, 0.25) is 5.90 Å². The second kappa shape index (κ2) is 7.31. The Bertz CT molecular complexity index is 334. The van der Waals surface area contributed by atoms with Crippen LogP contribution in [0.2, 0.25) is 0 Å². The molecule has 0 bridgehead atoms. The fraction of sp³-hybridized carbons (Fsp3) is 0.222. The predicted molar refractivity (Wildman–Crippen MR) is 63.8 cm³/mol. The summed E-state index contributed by atoms with van der Waals surface area (Å²) >= 11 is 0. The molecule has 0 saturated carbocycles. The first-order valence-electron chi connectivity index (χ1n) is 3.92. The first-order valence-corrected chi connectivity index (χ1v) is 3.92. The molecule has 0 radical (unpaired) electrons. The summed E-state index contributed by atoms with van der Waals surface area (Å²) in [6.45, 7) is 2.16. The highest BCUT2D eigenvalue weighted by Crippen LogP contribution is 2.12. The largest absolute Gasteiger partial charge is 0.478 e. The van der Waals surface area contributed by atoms with Gasteiger partial charge in [-0.1, -0.05) is 0 Å². The second-order valence-corrected chi connectivity index (χ2v) is 2.50. The molecule has 3 N–H and O–H groups in total. The van der Waals surface area contributed by atoms with E-state index in [1.807, 2.05) is 0 Å². The molecular weight excluding hydrogens is 242 g/mol. The summed E-state index contributed by atoms with van der Waals surface area (Å²) in [6.07, 6.45) is 0. The average molecular weight is 255 g/mol. The van der Waals surface area contributed by atoms with Crippen LogP contribution in [0.1, 0.15) is 12.5 Å². The van der Waals surface area contributed by atoms with Crippen LogP contribution in [0.5, 0.6) is 0 Å². The van der Waals surface area contributed by atoms with E-state index in [0.717, 1.165) is 0 Å². The molecular formula is C9H13Cl2FN2O. The molecule has 1 aromatic carbocycles. The standard InChI is InChI=1S/C9H11FN2O.2ClH/c1-2-13-9(12)6-3-4-8(11)7(10)5-6;;/h3-5,12H,2,11H2,1H3;2*1H. The third-order valence-electron chi connectivity index (χ3n) is 1.55. The van der Waals surface area contributed by atoms with Gasteiger partial charge in [0.05, 0.1) is 12.3 Å². The van der Waals surface area contributed by atoms with E-state index >= 15 is 0 Å². The Kier molecular flexibility index (Phi) is 8.01. The summed E-state index contributed by atoms with van der Waals surface area (Å²) in [6, 6.07) is 4.15. The summed E-state index contributed by atoms with van der Waals surface area (Å²) in [5.41, 5.74) is 5.75. The van der Waals surface area contributed by atoms with Gasteiger partial charge < -0.3 is 10.5 Å². The molecule has 0 atom stereocenters. The van der Waals surface area contributed by atoms with Crippen molar-refractivity contribution in [2.24, 2.45) is 0 Å². The van der Waals surface area contributed by atoms with Crippen molar-refractivity contribution in [2.75, 3.05) is 12.3 Å². The van der Waals surface area contributed by atoms with Gasteiger partial charge in [0.25, 0.3) is 0 Å². The number of ether oxygens (including phenoxy) is 1. The number of rotatable bonds is 2. The third kappa shape index (κ3) is 4.36. The van der Waals surface area contributed by atoms with E-state index in [9.17, 15) is 4.39 Å². The molecule has 0 aliphatic carbocycles. The number of nitrogens with one attached hydrogen (secondary N) is 1. The van der Waals surface area contributed by atoms with Crippen LogP contribution in [0.15, 0.2) is 18.2 Å². The molecule has 0 aliphatic rings. The van der Waals surface area contributed by atoms with Gasteiger partial charge in [0.15, 0.2) is 0 Å². The summed E-state index contributed by atoms with van der Waals surface area (Å²) < 4.78 is 17.8. The molecule has 15 heavy (non-hydrogen) atoms. The molecule has 0 heterocycles. The van der Waals surface area contributed by atoms with E-state index in [-0.39, 0.29) is 36.4 Å². The monoisotopic (exact) mass is 254 g/mol. The Morgan fingerprint density at radius 1 is 1.47 bits per heavy atom. The van der Waals surface area contributed by atoms with Crippen LogP contribution in [0.3, 0.4) is 0 Å². The minimum absolute atomic E-state index is 0. The summed E-state index contributed by atoms with van der Waals surface area (Å²) in [4.78, 5) is 0. The van der Waals surface area contributed by atoms with Crippen LogP contribution in [-0.2, 0) is 4.74 Å². The molecule has 0 aromatic heterocycles. The molecule has 1 rings (SSSR count). The number of hydrogen-bond acceptors (Lipinski definition) is 3. The van der Waals surface area contributed by atoms with Gasteiger partial charge in [-0.25, -0.2) is 4.39 Å². The molecule has 86 valence electrons. The third-order valence-corrected chi connectivity index (χ3v) is 1.55. The predicted octanol–water partition coefficient (Wildman–Crippen LogP) is 2.61. The lowest BCUT2D eigenvalue weighted by Crippen LogP contribution is -2.05. The SMILES string of the molecule is CCOC(=N)c1ccc(N)c(F)c1.Cl.Cl. The fourth-order valence-electron chi connectivity index (χ4n) is 0.896. The number of anilines is 1. The van der Waals surface area contributed by atoms with Crippen LogP contribution in [0.25, 0.3) is 0 Å². The highest BCUT2D eigenvalue weighted by molar-refractivity contribution is 5.91. The van der Waals surface area contributed by atoms with Gasteiger partial charge in [0, 0.05) is 5.56 Å². The minimum Gasteiger partial charge on any atom is -0.478 e. The minimum atomic E-state index is -0.526. The van der Waals surface area contributed by atoms with Gasteiger partial charge in [-0.2, -0.15) is 0 Å². The van der Waals surface area contributed by atoms with Crippen molar-refractivity contribution in [3.63, 3.8) is 0 Å². The Labute approximate surface area is 100 Å². The Balaban J connectivity index is 0. The van der Waals surface area contributed by atoms with Gasteiger partial charge >= 0.3 is 0 Å². The quantitative estimate of drug-likeness (QED) is 0.484. The molecule has 1 aromatic rings. The Morgan fingerprint density at radius 2 is 2.07 bits per heavy atom. The van der Waals surface area contributed by atoms with E-state index in [2.05, 4.69) is 0 Å². The van der Waals surface area contributed by atoms with Crippen LogP contribution < -0.4 is 5.73 Å². The van der Waals surface area contributed by atoms with Gasteiger partial charge in [-0.05, 0) is 25.1 Å². The molecule has 0 aliphatic heterocycles. The van der Waals surface area contributed by atoms with Crippen LogP contribution in [0, 0.1) is 11.2 Å². The van der Waals surface area contributed by atoms with Gasteiger partial charge in [-0.15, -0.1) is 24.8 Å². The highest BCUT2D eigenvalue weighted by atomic mass is 35.5. The lowest BCUT2D eigenvalue weighted by molar-refractivity contribution is 0.325. The Morgan fingerprint density at radius 3 is 2.53 bits per heavy atom. The summed E-state index contributed by atoms with van der Waals surface area (Å²) in [5, 5.41) is 7.37. The number of hydrogen-bond donors (Lipinski definition) is 2. The number of nitrogens with two attached hydrogens (primary N) is 1. The van der Waals surface area contributed by atoms with Crippen molar-refractivity contribution in [1.29, 1.82) is 5.41 Å². The van der Waals surface area contributed by atoms with Crippen molar-refractivity contribution >= 4 is 36.4 Å². The molecule has 0 fully saturated rings. The maximum Gasteiger partial charge on any atom is 0.213 e. The number of benzene rings is 1. The molecule has 0 spiro atoms. The molecule has 3 nitrogen and oxygen atoms in total. The van der Waals surface area contributed by atoms with Crippen molar-refractivity contribution in [3.8, 4) is 0 Å². The van der Waals surface area contributed by atoms with Gasteiger partial charge in [0.1, 0.15) is 5.82 Å². The smallest absolute Gasteiger partial charge is 0.213 e. The van der Waals surface area contributed by atoms with E-state index in [4.69, 9.17) is 15.9 Å². The Hall–Kier alpha value is -1.00. The zero-order valence-corrected chi connectivity index (χ0v) is 9.75. The average Bonchev–Trinajstić information content (AvgIpc) is 2.10. The van der Waals surface area contributed by atoms with Crippen molar-refractivity contribution < 1.29 is 9.13 Å². The highest BCUT2D eigenvalue weighted by Gasteiger charge is 2.04.